The first-order chi connectivity index (χ1) is 37.6. The topological polar surface area (TPSA) is 285 Å². The van der Waals surface area contributed by atoms with Gasteiger partial charge in [0.25, 0.3) is 0 Å². The molecule has 1 aliphatic heterocycles. The van der Waals surface area contributed by atoms with Gasteiger partial charge in [-0.1, -0.05) is 145 Å². The number of aliphatic hydroxyl groups is 1. The Balaban J connectivity index is 0.982. The summed E-state index contributed by atoms with van der Waals surface area (Å²) in [6.45, 7) is 0.216. The van der Waals surface area contributed by atoms with E-state index in [-0.39, 0.29) is 38.0 Å². The SMILES string of the molecule is C[C@@H](NC(=O)[C@@H](N)Cc1ccc(OC(c2ccccc2)(c2ccccc2)c2ccccc2Cl)cc1)C(=O)N[C@@H](Cc1ccccc1)C(=O)NCC(=O)N[C@@H](Cc1ccc(O)cc1)C(=O)N1CCC[C@H]1C(=O)N[C@@H](CO)C(N)=O. The first-order valence-electron chi connectivity index (χ1n) is 25.5. The van der Waals surface area contributed by atoms with Gasteiger partial charge in [-0.3, -0.25) is 33.6 Å². The number of hydrogen-bond donors (Lipinski definition) is 9. The molecular formula is C59H63ClN8O10. The molecule has 0 aromatic heterocycles. The van der Waals surface area contributed by atoms with E-state index in [4.69, 9.17) is 27.8 Å². The van der Waals surface area contributed by atoms with Crippen molar-refractivity contribution >= 4 is 53.0 Å². The van der Waals surface area contributed by atoms with Crippen molar-refractivity contribution in [2.45, 2.75) is 80.9 Å². The Labute approximate surface area is 456 Å². The number of aliphatic hydroxyl groups excluding tert-OH is 1. The number of halogens is 1. The minimum atomic E-state index is -1.37. The Morgan fingerprint density at radius 2 is 1.21 bits per heavy atom. The van der Waals surface area contributed by atoms with Crippen molar-refractivity contribution < 1.29 is 48.5 Å². The van der Waals surface area contributed by atoms with Crippen molar-refractivity contribution in [2.75, 3.05) is 19.7 Å². The largest absolute Gasteiger partial charge is 0.508 e. The first-order valence-corrected chi connectivity index (χ1v) is 25.8. The Bertz CT molecular complexity index is 2990. The van der Waals surface area contributed by atoms with Gasteiger partial charge in [-0.05, 0) is 73.2 Å². The molecule has 1 heterocycles. The van der Waals surface area contributed by atoms with Crippen LogP contribution in [0.5, 0.6) is 11.5 Å². The number of benzene rings is 6. The minimum Gasteiger partial charge on any atom is -0.508 e. The van der Waals surface area contributed by atoms with Crippen LogP contribution in [0, 0.1) is 0 Å². The van der Waals surface area contributed by atoms with Crippen LogP contribution < -0.4 is 42.8 Å². The van der Waals surface area contributed by atoms with Crippen molar-refractivity contribution in [1.29, 1.82) is 0 Å². The van der Waals surface area contributed by atoms with Gasteiger partial charge in [0.15, 0.2) is 5.60 Å². The van der Waals surface area contributed by atoms with Gasteiger partial charge in [0, 0.05) is 41.1 Å². The first kappa shape index (κ1) is 57.1. The van der Waals surface area contributed by atoms with Crippen molar-refractivity contribution in [3.8, 4) is 11.5 Å². The average Bonchev–Trinajstić information content (AvgIpc) is 3.95. The van der Waals surface area contributed by atoms with Crippen LogP contribution in [0.4, 0.5) is 0 Å². The van der Waals surface area contributed by atoms with Crippen molar-refractivity contribution in [3.05, 3.63) is 202 Å². The van der Waals surface area contributed by atoms with Crippen LogP contribution in [0.25, 0.3) is 0 Å². The number of phenols is 1. The lowest BCUT2D eigenvalue weighted by Crippen LogP contribution is -2.58. The molecular weight excluding hydrogens is 1020 g/mol. The highest BCUT2D eigenvalue weighted by atomic mass is 35.5. The van der Waals surface area contributed by atoms with E-state index in [1.165, 1.54) is 24.0 Å². The molecule has 19 heteroatoms. The highest BCUT2D eigenvalue weighted by Gasteiger charge is 2.41. The molecule has 0 bridgehead atoms. The number of ether oxygens (including phenoxy) is 1. The Hall–Kier alpha value is -8.58. The van der Waals surface area contributed by atoms with Gasteiger partial charge in [0.2, 0.25) is 41.4 Å². The normalized spacial score (nSPS) is 15.1. The number of nitrogens with zero attached hydrogens (tertiary/aromatic N) is 1. The number of hydrogen-bond acceptors (Lipinski definition) is 11. The maximum atomic E-state index is 14.1. The number of carbonyl (C=O) groups excluding carboxylic acids is 7. The Morgan fingerprint density at radius 3 is 1.81 bits per heavy atom. The number of nitrogens with two attached hydrogens (primary N) is 2. The molecule has 0 spiro atoms. The number of amides is 7. The molecule has 0 unspecified atom stereocenters. The number of primary amides is 1. The van der Waals surface area contributed by atoms with Gasteiger partial charge in [0.05, 0.1) is 19.2 Å². The average molecular weight is 1080 g/mol. The van der Waals surface area contributed by atoms with Crippen LogP contribution in [-0.2, 0) is 58.4 Å². The zero-order valence-electron chi connectivity index (χ0n) is 42.8. The van der Waals surface area contributed by atoms with Gasteiger partial charge >= 0.3 is 0 Å². The van der Waals surface area contributed by atoms with Gasteiger partial charge < -0.3 is 57.9 Å². The third-order valence-corrected chi connectivity index (χ3v) is 13.7. The zero-order chi connectivity index (χ0) is 55.8. The summed E-state index contributed by atoms with van der Waals surface area (Å²) in [5.41, 5.74) is 15.0. The molecule has 0 radical (unpaired) electrons. The van der Waals surface area contributed by atoms with Crippen LogP contribution in [0.1, 0.15) is 53.1 Å². The number of rotatable bonds is 24. The van der Waals surface area contributed by atoms with Gasteiger partial charge in [0.1, 0.15) is 41.7 Å². The smallest absolute Gasteiger partial charge is 0.246 e. The molecule has 78 heavy (non-hydrogen) atoms. The van der Waals surface area contributed by atoms with Crippen molar-refractivity contribution in [1.82, 2.24) is 31.5 Å². The molecule has 6 atom stereocenters. The molecule has 11 N–H and O–H groups in total. The molecule has 1 fully saturated rings. The predicted octanol–water partition coefficient (Wildman–Crippen LogP) is 3.32. The van der Waals surface area contributed by atoms with Gasteiger partial charge in [-0.15, -0.1) is 0 Å². The number of nitrogens with one attached hydrogen (secondary N) is 5. The van der Waals surface area contributed by atoms with Gasteiger partial charge in [-0.25, -0.2) is 0 Å². The maximum Gasteiger partial charge on any atom is 0.246 e. The van der Waals surface area contributed by atoms with E-state index in [0.717, 1.165) is 16.7 Å². The molecule has 6 aromatic carbocycles. The van der Waals surface area contributed by atoms with Crippen LogP contribution in [0.3, 0.4) is 0 Å². The monoisotopic (exact) mass is 1080 g/mol. The number of likely N-dealkylation sites (tertiary alicyclic amines) is 1. The molecule has 406 valence electrons. The summed E-state index contributed by atoms with van der Waals surface area (Å²) >= 11 is 6.90. The van der Waals surface area contributed by atoms with Gasteiger partial charge in [-0.2, -0.15) is 0 Å². The summed E-state index contributed by atoms with van der Waals surface area (Å²) in [6.07, 6.45) is 0.698. The Kier molecular flexibility index (Phi) is 19.7. The lowest BCUT2D eigenvalue weighted by molar-refractivity contribution is -0.142. The molecule has 6 aromatic rings. The summed E-state index contributed by atoms with van der Waals surface area (Å²) in [7, 11) is 0. The highest BCUT2D eigenvalue weighted by molar-refractivity contribution is 6.31. The lowest BCUT2D eigenvalue weighted by atomic mass is 9.80. The fourth-order valence-corrected chi connectivity index (χ4v) is 9.55. The standard InChI is InChI=1S/C59H63ClN8O10/c1-37(64-55(74)47(61)32-39-25-29-44(30-26-39)78-59(41-16-7-3-8-17-41,42-18-9-4-10-19-42)45-20-11-12-21-46(45)60)54(73)66-48(33-38-14-5-2-6-15-38)56(75)63-35-52(71)65-49(34-40-23-27-43(70)28-24-40)58(77)68-31-13-22-51(68)57(76)67-50(36-69)53(62)72/h2-12,14-21,23-30,37,47-51,69-70H,13,22,31-36,61H2,1H3,(H2,62,72)(H,63,75)(H,64,74)(H,65,71)(H,66,73)(H,67,76)/t37-,47+,48+,49+,50+,51+/m1/s1. The molecule has 0 aliphatic carbocycles. The Morgan fingerprint density at radius 1 is 0.654 bits per heavy atom. The van der Waals surface area contributed by atoms with E-state index in [1.807, 2.05) is 84.9 Å². The summed E-state index contributed by atoms with van der Waals surface area (Å²) in [5.74, 6) is -4.66. The molecule has 1 aliphatic rings. The van der Waals surface area contributed by atoms with E-state index in [1.54, 1.807) is 66.7 Å². The van der Waals surface area contributed by atoms with Crippen LogP contribution in [-0.4, -0.2) is 112 Å². The highest BCUT2D eigenvalue weighted by Crippen LogP contribution is 2.44. The van der Waals surface area contributed by atoms with Crippen LogP contribution >= 0.6 is 11.6 Å². The summed E-state index contributed by atoms with van der Waals surface area (Å²) in [5, 5.41) is 32.9. The molecule has 7 rings (SSSR count). The van der Waals surface area contributed by atoms with Crippen LogP contribution in [0.15, 0.2) is 164 Å². The fourth-order valence-electron chi connectivity index (χ4n) is 9.28. The predicted molar refractivity (Wildman–Crippen MR) is 292 cm³/mol. The third kappa shape index (κ3) is 14.7. The summed E-state index contributed by atoms with van der Waals surface area (Å²) in [4.78, 5) is 95.1. The van der Waals surface area contributed by atoms with E-state index in [2.05, 4.69) is 26.6 Å². The second-order valence-corrected chi connectivity index (χ2v) is 19.4. The van der Waals surface area contributed by atoms with Crippen molar-refractivity contribution in [2.24, 2.45) is 11.5 Å². The fraction of sp³-hybridized carbons (Fsp3) is 0.271. The maximum absolute atomic E-state index is 14.1. The van der Waals surface area contributed by atoms with Crippen molar-refractivity contribution in [3.63, 3.8) is 0 Å². The molecule has 0 saturated carbocycles. The quantitative estimate of drug-likeness (QED) is 0.0397. The number of phenolic OH excluding ortho intramolecular Hbond substituents is 1. The number of carbonyl (C=O) groups is 7. The van der Waals surface area contributed by atoms with E-state index >= 15 is 0 Å². The van der Waals surface area contributed by atoms with E-state index in [0.29, 0.717) is 33.9 Å². The summed E-state index contributed by atoms with van der Waals surface area (Å²) < 4.78 is 7.00. The molecule has 7 amide bonds. The molecule has 18 nitrogen and oxygen atoms in total. The van der Waals surface area contributed by atoms with Crippen LogP contribution in [0.2, 0.25) is 5.02 Å². The van der Waals surface area contributed by atoms with E-state index in [9.17, 15) is 43.8 Å². The third-order valence-electron chi connectivity index (χ3n) is 13.4. The zero-order valence-corrected chi connectivity index (χ0v) is 43.6. The lowest BCUT2D eigenvalue weighted by Gasteiger charge is -2.37. The van der Waals surface area contributed by atoms with E-state index < -0.39 is 96.4 Å². The summed E-state index contributed by atoms with van der Waals surface area (Å²) in [6, 6.07) is 41.9. The second-order valence-electron chi connectivity index (χ2n) is 19.0. The molecule has 1 saturated heterocycles. The second kappa shape index (κ2) is 27.0. The minimum absolute atomic E-state index is 0.00337. The number of aromatic hydroxyl groups is 1.